The molecule has 0 aliphatic rings. The second-order valence-electron chi connectivity index (χ2n) is 7.32. The summed E-state index contributed by atoms with van der Waals surface area (Å²) in [6, 6.07) is 15.4. The van der Waals surface area contributed by atoms with Gasteiger partial charge in [-0.3, -0.25) is 9.52 Å². The molecule has 0 spiro atoms. The zero-order chi connectivity index (χ0) is 25.8. The highest BCUT2D eigenvalue weighted by atomic mass is 35.5. The van der Waals surface area contributed by atoms with Crippen LogP contribution in [0.3, 0.4) is 0 Å². The van der Waals surface area contributed by atoms with Crippen LogP contribution in [0.2, 0.25) is 10.0 Å². The fourth-order valence-electron chi connectivity index (χ4n) is 3.23. The monoisotopic (exact) mass is 555 g/mol. The molecule has 2 N–H and O–H groups in total. The number of hydrogen-bond acceptors (Lipinski definition) is 5. The van der Waals surface area contributed by atoms with Gasteiger partial charge in [0, 0.05) is 28.8 Å². The van der Waals surface area contributed by atoms with Crippen molar-refractivity contribution in [2.45, 2.75) is 23.6 Å². The van der Waals surface area contributed by atoms with E-state index in [4.69, 9.17) is 23.2 Å². The lowest BCUT2D eigenvalue weighted by Gasteiger charge is -2.18. The highest BCUT2D eigenvalue weighted by Crippen LogP contribution is 2.26. The first-order valence-corrected chi connectivity index (χ1v) is 14.2. The summed E-state index contributed by atoms with van der Waals surface area (Å²) in [6.07, 6.45) is 0. The van der Waals surface area contributed by atoms with Crippen LogP contribution < -0.4 is 10.0 Å². The van der Waals surface area contributed by atoms with Crippen molar-refractivity contribution in [3.05, 3.63) is 82.3 Å². The van der Waals surface area contributed by atoms with Gasteiger partial charge in [-0.15, -0.1) is 0 Å². The lowest BCUT2D eigenvalue weighted by molar-refractivity contribution is 0.102. The average Bonchev–Trinajstić information content (AvgIpc) is 2.81. The maximum Gasteiger partial charge on any atom is 0.261 e. The van der Waals surface area contributed by atoms with Gasteiger partial charge < -0.3 is 5.32 Å². The van der Waals surface area contributed by atoms with Crippen LogP contribution in [0.5, 0.6) is 0 Å². The summed E-state index contributed by atoms with van der Waals surface area (Å²) in [6.45, 7) is 4.17. The predicted octanol–water partition coefficient (Wildman–Crippen LogP) is 5.08. The Morgan fingerprint density at radius 1 is 0.800 bits per heavy atom. The van der Waals surface area contributed by atoms with Crippen LogP contribution in [0.4, 0.5) is 11.4 Å². The Hall–Kier alpha value is -2.63. The molecule has 3 aromatic carbocycles. The summed E-state index contributed by atoms with van der Waals surface area (Å²) >= 11 is 11.9. The third-order valence-corrected chi connectivity index (χ3v) is 8.98. The van der Waals surface area contributed by atoms with Gasteiger partial charge in [-0.25, -0.2) is 16.8 Å². The molecular weight excluding hydrogens is 533 g/mol. The van der Waals surface area contributed by atoms with Crippen molar-refractivity contribution in [2.24, 2.45) is 0 Å². The number of benzene rings is 3. The number of nitrogens with one attached hydrogen (secondary N) is 2. The van der Waals surface area contributed by atoms with E-state index < -0.39 is 26.0 Å². The van der Waals surface area contributed by atoms with E-state index in [1.165, 1.54) is 71.0 Å². The Kier molecular flexibility index (Phi) is 8.45. The van der Waals surface area contributed by atoms with E-state index in [1.807, 2.05) is 0 Å². The van der Waals surface area contributed by atoms with Gasteiger partial charge in [-0.05, 0) is 66.7 Å². The highest BCUT2D eigenvalue weighted by molar-refractivity contribution is 7.92. The number of nitrogens with zero attached hydrogens (tertiary/aromatic N) is 1. The number of sulfonamides is 2. The van der Waals surface area contributed by atoms with E-state index in [0.29, 0.717) is 23.8 Å². The zero-order valence-electron chi connectivity index (χ0n) is 18.8. The molecule has 0 saturated heterocycles. The van der Waals surface area contributed by atoms with Gasteiger partial charge in [0.25, 0.3) is 15.9 Å². The number of anilines is 2. The molecular formula is C23H23Cl2N3O5S2. The Labute approximate surface area is 215 Å². The van der Waals surface area contributed by atoms with Crippen LogP contribution in [0.25, 0.3) is 0 Å². The van der Waals surface area contributed by atoms with Crippen molar-refractivity contribution in [3.63, 3.8) is 0 Å². The summed E-state index contributed by atoms with van der Waals surface area (Å²) in [5.74, 6) is -0.638. The summed E-state index contributed by atoms with van der Waals surface area (Å²) in [7, 11) is -7.65. The standard InChI is InChI=1S/C23H23Cl2N3O5S2/c1-3-28(4-2)35(32,33)20-12-8-18(9-13-20)26-23(29)21-15-17(25)7-14-22(21)27-34(30,31)19-10-5-16(24)6-11-19/h5-15,27H,3-4H2,1-2H3,(H,26,29). The largest absolute Gasteiger partial charge is 0.322 e. The first kappa shape index (κ1) is 27.0. The minimum Gasteiger partial charge on any atom is -0.322 e. The van der Waals surface area contributed by atoms with Gasteiger partial charge in [-0.1, -0.05) is 37.0 Å². The predicted molar refractivity (Wildman–Crippen MR) is 138 cm³/mol. The second kappa shape index (κ2) is 11.0. The van der Waals surface area contributed by atoms with Crippen LogP contribution in [0.1, 0.15) is 24.2 Å². The Morgan fingerprint density at radius 2 is 1.34 bits per heavy atom. The van der Waals surface area contributed by atoms with Crippen molar-refractivity contribution < 1.29 is 21.6 Å². The third kappa shape index (κ3) is 6.33. The number of rotatable bonds is 9. The molecule has 0 unspecified atom stereocenters. The van der Waals surface area contributed by atoms with Gasteiger partial charge in [0.2, 0.25) is 10.0 Å². The van der Waals surface area contributed by atoms with Gasteiger partial charge >= 0.3 is 0 Å². The van der Waals surface area contributed by atoms with Crippen LogP contribution in [-0.2, 0) is 20.0 Å². The first-order chi connectivity index (χ1) is 16.5. The smallest absolute Gasteiger partial charge is 0.261 e. The molecule has 3 rings (SSSR count). The molecule has 0 bridgehead atoms. The lowest BCUT2D eigenvalue weighted by atomic mass is 10.1. The van der Waals surface area contributed by atoms with Gasteiger partial charge in [0.05, 0.1) is 21.0 Å². The number of carbonyl (C=O) groups excluding carboxylic acids is 1. The minimum atomic E-state index is -4.01. The van der Waals surface area contributed by atoms with Crippen molar-refractivity contribution in [1.82, 2.24) is 4.31 Å². The molecule has 1 amide bonds. The molecule has 3 aromatic rings. The number of amides is 1. The van der Waals surface area contributed by atoms with Crippen molar-refractivity contribution in [1.29, 1.82) is 0 Å². The molecule has 0 aliphatic carbocycles. The fourth-order valence-corrected chi connectivity index (χ4v) is 6.07. The summed E-state index contributed by atoms with van der Waals surface area (Å²) < 4.78 is 54.6. The number of hydrogen-bond donors (Lipinski definition) is 2. The molecule has 0 radical (unpaired) electrons. The van der Waals surface area contributed by atoms with Crippen molar-refractivity contribution in [2.75, 3.05) is 23.1 Å². The Morgan fingerprint density at radius 3 is 1.91 bits per heavy atom. The SMILES string of the molecule is CCN(CC)S(=O)(=O)c1ccc(NC(=O)c2cc(Cl)ccc2NS(=O)(=O)c2ccc(Cl)cc2)cc1. The topological polar surface area (TPSA) is 113 Å². The molecule has 0 fully saturated rings. The Balaban J connectivity index is 1.85. The molecule has 186 valence electrons. The molecule has 0 heterocycles. The van der Waals surface area contributed by atoms with E-state index in [1.54, 1.807) is 13.8 Å². The van der Waals surface area contributed by atoms with Crippen molar-refractivity contribution >= 4 is 60.5 Å². The third-order valence-electron chi connectivity index (χ3n) is 5.05. The molecule has 12 heteroatoms. The quantitative estimate of drug-likeness (QED) is 0.382. The number of carbonyl (C=O) groups is 1. The molecule has 0 aromatic heterocycles. The van der Waals surface area contributed by atoms with Crippen LogP contribution in [0.15, 0.2) is 76.5 Å². The van der Waals surface area contributed by atoms with Gasteiger partial charge in [0.15, 0.2) is 0 Å². The maximum absolute atomic E-state index is 13.0. The fraction of sp³-hybridized carbons (Fsp3) is 0.174. The zero-order valence-corrected chi connectivity index (χ0v) is 22.0. The molecule has 0 atom stereocenters. The summed E-state index contributed by atoms with van der Waals surface area (Å²) in [5, 5.41) is 3.24. The summed E-state index contributed by atoms with van der Waals surface area (Å²) in [5.41, 5.74) is 0.317. The molecule has 0 saturated carbocycles. The van der Waals surface area contributed by atoms with Crippen LogP contribution >= 0.6 is 23.2 Å². The Bertz CT molecular complexity index is 1420. The first-order valence-electron chi connectivity index (χ1n) is 10.5. The average molecular weight is 556 g/mol. The molecule has 8 nitrogen and oxygen atoms in total. The molecule has 35 heavy (non-hydrogen) atoms. The van der Waals surface area contributed by atoms with Crippen molar-refractivity contribution in [3.8, 4) is 0 Å². The van der Waals surface area contributed by atoms with Gasteiger partial charge in [0.1, 0.15) is 0 Å². The van der Waals surface area contributed by atoms with Crippen LogP contribution in [0, 0.1) is 0 Å². The summed E-state index contributed by atoms with van der Waals surface area (Å²) in [4.78, 5) is 13.0. The maximum atomic E-state index is 13.0. The molecule has 0 aliphatic heterocycles. The normalized spacial score (nSPS) is 11.9. The lowest BCUT2D eigenvalue weighted by Crippen LogP contribution is -2.30. The van der Waals surface area contributed by atoms with E-state index >= 15 is 0 Å². The van der Waals surface area contributed by atoms with Crippen LogP contribution in [-0.4, -0.2) is 40.1 Å². The highest BCUT2D eigenvalue weighted by Gasteiger charge is 2.22. The van der Waals surface area contributed by atoms with E-state index in [9.17, 15) is 21.6 Å². The second-order valence-corrected chi connectivity index (χ2v) is 11.8. The van der Waals surface area contributed by atoms with E-state index in [-0.39, 0.29) is 26.1 Å². The van der Waals surface area contributed by atoms with E-state index in [0.717, 1.165) is 0 Å². The number of halogens is 2. The van der Waals surface area contributed by atoms with Gasteiger partial charge in [-0.2, -0.15) is 4.31 Å². The van der Waals surface area contributed by atoms with E-state index in [2.05, 4.69) is 10.0 Å². The minimum absolute atomic E-state index is 0.0163.